The molecule has 38 heavy (non-hydrogen) atoms. The number of sulfonamides is 1. The molecule has 0 atom stereocenters. The molecule has 1 saturated heterocycles. The van der Waals surface area contributed by atoms with Gasteiger partial charge in [-0.3, -0.25) is 9.82 Å². The molecule has 3 aromatic heterocycles. The van der Waals surface area contributed by atoms with Crippen molar-refractivity contribution >= 4 is 26.7 Å². The number of hydrogen-bond donors (Lipinski definition) is 2. The van der Waals surface area contributed by atoms with Crippen LogP contribution in [-0.4, -0.2) is 63.7 Å². The molecule has 2 N–H and O–H groups in total. The Bertz CT molecular complexity index is 1580. The minimum atomic E-state index is -4.06. The Balaban J connectivity index is 1.42. The van der Waals surface area contributed by atoms with E-state index in [1.807, 2.05) is 6.92 Å². The number of rotatable bonds is 7. The smallest absolute Gasteiger partial charge is 0.279 e. The van der Waals surface area contributed by atoms with E-state index in [4.69, 9.17) is 4.74 Å². The van der Waals surface area contributed by atoms with Crippen LogP contribution < -0.4 is 9.46 Å². The van der Waals surface area contributed by atoms with Gasteiger partial charge in [0.25, 0.3) is 10.0 Å². The highest BCUT2D eigenvalue weighted by Crippen LogP contribution is 2.31. The third-order valence-corrected chi connectivity index (χ3v) is 7.95. The number of aromatic nitrogens is 5. The Labute approximate surface area is 220 Å². The summed E-state index contributed by atoms with van der Waals surface area (Å²) >= 11 is 0. The van der Waals surface area contributed by atoms with Gasteiger partial charge in [-0.25, -0.2) is 14.4 Å². The van der Waals surface area contributed by atoms with E-state index >= 15 is 4.39 Å². The van der Waals surface area contributed by atoms with Gasteiger partial charge in [-0.1, -0.05) is 0 Å². The number of pyridine rings is 1. The largest absolute Gasteiger partial charge is 0.474 e. The molecule has 10 nitrogen and oxygen atoms in total. The lowest BCUT2D eigenvalue weighted by Gasteiger charge is -2.34. The van der Waals surface area contributed by atoms with Gasteiger partial charge in [0, 0.05) is 36.6 Å². The number of hydrogen-bond acceptors (Lipinski definition) is 8. The number of likely N-dealkylation sites (tertiary alicyclic amines) is 1. The molecule has 1 aliphatic heterocycles. The maximum absolute atomic E-state index is 15.1. The van der Waals surface area contributed by atoms with Crippen molar-refractivity contribution in [3.63, 3.8) is 0 Å². The number of nitrogens with one attached hydrogen (secondary N) is 2. The summed E-state index contributed by atoms with van der Waals surface area (Å²) in [6, 6.07) is 7.66. The van der Waals surface area contributed by atoms with E-state index in [1.165, 1.54) is 24.4 Å². The lowest BCUT2D eigenvalue weighted by molar-refractivity contribution is 0.0824. The van der Waals surface area contributed by atoms with Crippen LogP contribution in [0.3, 0.4) is 0 Å². The molecule has 5 rings (SSSR count). The zero-order valence-corrected chi connectivity index (χ0v) is 22.5. The van der Waals surface area contributed by atoms with Crippen molar-refractivity contribution in [1.29, 1.82) is 0 Å². The average Bonchev–Trinajstić information content (AvgIpc) is 3.26. The molecule has 1 fully saturated rings. The van der Waals surface area contributed by atoms with Crippen molar-refractivity contribution < 1.29 is 17.5 Å². The van der Waals surface area contributed by atoms with Crippen LogP contribution in [0, 0.1) is 19.7 Å². The summed E-state index contributed by atoms with van der Waals surface area (Å²) < 4.78 is 49.1. The fraction of sp³-hybridized carbons (Fsp3) is 0.385. The summed E-state index contributed by atoms with van der Waals surface area (Å²) in [4.78, 5) is 15.4. The fourth-order valence-corrected chi connectivity index (χ4v) is 5.60. The first kappa shape index (κ1) is 26.0. The predicted octanol–water partition coefficient (Wildman–Crippen LogP) is 4.22. The topological polar surface area (TPSA) is 126 Å². The molecule has 4 aromatic rings. The van der Waals surface area contributed by atoms with Crippen LogP contribution >= 0.6 is 0 Å². The van der Waals surface area contributed by atoms with E-state index in [1.54, 1.807) is 19.1 Å². The summed E-state index contributed by atoms with van der Waals surface area (Å²) in [5, 5.41) is 7.69. The summed E-state index contributed by atoms with van der Waals surface area (Å²) in [5.41, 5.74) is 2.07. The number of fused-ring (bicyclic) bond motifs is 1. The van der Waals surface area contributed by atoms with E-state index in [2.05, 4.69) is 48.6 Å². The van der Waals surface area contributed by atoms with E-state index in [0.717, 1.165) is 37.2 Å². The second-order valence-electron chi connectivity index (χ2n) is 9.82. The lowest BCUT2D eigenvalue weighted by Crippen LogP contribution is -2.41. The molecule has 0 spiro atoms. The molecule has 0 aliphatic carbocycles. The van der Waals surface area contributed by atoms with Gasteiger partial charge in [0.05, 0.1) is 5.69 Å². The molecule has 0 unspecified atom stereocenters. The predicted molar refractivity (Wildman–Crippen MR) is 142 cm³/mol. The van der Waals surface area contributed by atoms with Gasteiger partial charge in [-0.2, -0.15) is 18.5 Å². The first-order chi connectivity index (χ1) is 18.1. The Hall–Kier alpha value is -3.64. The van der Waals surface area contributed by atoms with Crippen LogP contribution in [0.25, 0.3) is 22.4 Å². The molecule has 200 valence electrons. The minimum absolute atomic E-state index is 0.00555. The Kier molecular flexibility index (Phi) is 7.01. The second kappa shape index (κ2) is 10.3. The maximum Gasteiger partial charge on any atom is 0.279 e. The third-order valence-electron chi connectivity index (χ3n) is 6.68. The zero-order valence-electron chi connectivity index (χ0n) is 21.7. The molecule has 1 aromatic carbocycles. The minimum Gasteiger partial charge on any atom is -0.474 e. The summed E-state index contributed by atoms with van der Waals surface area (Å²) in [6.07, 6.45) is 3.12. The number of aromatic amines is 1. The van der Waals surface area contributed by atoms with Crippen molar-refractivity contribution in [2.45, 2.75) is 57.7 Å². The van der Waals surface area contributed by atoms with Crippen LogP contribution in [0.5, 0.6) is 5.88 Å². The standard InChI is InChI=1S/C26H30FN7O3S/c1-15(2)34-11-8-19(9-12-34)37-26-23-17(4)31-32-25(23)29-24(30-26)18-5-6-21(20(27)14-18)33-38(35,36)22-13-16(3)7-10-28-22/h5-7,10,13-15,19,33H,8-9,11-12H2,1-4H3,(H,29,30,31,32). The summed E-state index contributed by atoms with van der Waals surface area (Å²) in [7, 11) is -4.06. The fourth-order valence-electron chi connectivity index (χ4n) is 4.50. The van der Waals surface area contributed by atoms with Crippen molar-refractivity contribution in [3.05, 3.63) is 53.6 Å². The quantitative estimate of drug-likeness (QED) is 0.358. The second-order valence-corrected chi connectivity index (χ2v) is 11.4. The van der Waals surface area contributed by atoms with E-state index in [9.17, 15) is 8.42 Å². The van der Waals surface area contributed by atoms with Gasteiger partial charge in [0.2, 0.25) is 5.88 Å². The number of nitrogens with zero attached hydrogens (tertiary/aromatic N) is 5. The van der Waals surface area contributed by atoms with Crippen LogP contribution in [-0.2, 0) is 10.0 Å². The third kappa shape index (κ3) is 5.32. The van der Waals surface area contributed by atoms with Crippen molar-refractivity contribution in [1.82, 2.24) is 30.0 Å². The number of piperidine rings is 1. The number of anilines is 1. The van der Waals surface area contributed by atoms with E-state index in [0.29, 0.717) is 28.5 Å². The lowest BCUT2D eigenvalue weighted by atomic mass is 10.1. The SMILES string of the molecule is Cc1ccnc(S(=O)(=O)Nc2ccc(-c3nc(OC4CCN(C(C)C)CC4)c4c(C)[nH]nc4n3)cc2F)c1. The van der Waals surface area contributed by atoms with Gasteiger partial charge in [0.1, 0.15) is 17.3 Å². The molecule has 12 heteroatoms. The van der Waals surface area contributed by atoms with Crippen LogP contribution in [0.1, 0.15) is 37.9 Å². The first-order valence-electron chi connectivity index (χ1n) is 12.5. The zero-order chi connectivity index (χ0) is 27.0. The molecule has 0 saturated carbocycles. The molecule has 0 bridgehead atoms. The van der Waals surface area contributed by atoms with Gasteiger partial charge in [0.15, 0.2) is 16.5 Å². The number of benzene rings is 1. The average molecular weight is 540 g/mol. The Morgan fingerprint density at radius 2 is 1.89 bits per heavy atom. The highest BCUT2D eigenvalue weighted by molar-refractivity contribution is 7.92. The summed E-state index contributed by atoms with van der Waals surface area (Å²) in [6.45, 7) is 9.87. The van der Waals surface area contributed by atoms with Crippen LogP contribution in [0.2, 0.25) is 0 Å². The number of aryl methyl sites for hydroxylation is 2. The van der Waals surface area contributed by atoms with E-state index in [-0.39, 0.29) is 22.6 Å². The van der Waals surface area contributed by atoms with Crippen molar-refractivity contribution in [2.24, 2.45) is 0 Å². The van der Waals surface area contributed by atoms with Crippen molar-refractivity contribution in [2.75, 3.05) is 17.8 Å². The Morgan fingerprint density at radius 1 is 1.13 bits per heavy atom. The van der Waals surface area contributed by atoms with Gasteiger partial charge < -0.3 is 9.64 Å². The van der Waals surface area contributed by atoms with Gasteiger partial charge in [-0.15, -0.1) is 0 Å². The molecule has 0 radical (unpaired) electrons. The van der Waals surface area contributed by atoms with Crippen molar-refractivity contribution in [3.8, 4) is 17.3 Å². The molecular formula is C26H30FN7O3S. The normalized spacial score (nSPS) is 15.3. The highest BCUT2D eigenvalue weighted by Gasteiger charge is 2.25. The molecular weight excluding hydrogens is 509 g/mol. The summed E-state index contributed by atoms with van der Waals surface area (Å²) in [5.74, 6) is -0.147. The van der Waals surface area contributed by atoms with Gasteiger partial charge in [-0.05, 0) is 76.4 Å². The molecule has 4 heterocycles. The monoisotopic (exact) mass is 539 g/mol. The molecule has 1 aliphatic rings. The van der Waals surface area contributed by atoms with Gasteiger partial charge >= 0.3 is 0 Å². The number of H-pyrrole nitrogens is 1. The number of ether oxygens (including phenoxy) is 1. The molecule has 0 amide bonds. The maximum atomic E-state index is 15.1. The number of halogens is 1. The van der Waals surface area contributed by atoms with E-state index < -0.39 is 15.8 Å². The van der Waals surface area contributed by atoms with Crippen LogP contribution in [0.15, 0.2) is 41.6 Å². The van der Waals surface area contributed by atoms with Crippen LogP contribution in [0.4, 0.5) is 10.1 Å². The highest BCUT2D eigenvalue weighted by atomic mass is 32.2. The first-order valence-corrected chi connectivity index (χ1v) is 14.0. The Morgan fingerprint density at radius 3 is 2.58 bits per heavy atom.